The third-order valence-corrected chi connectivity index (χ3v) is 6.98. The molecule has 1 unspecified atom stereocenters. The van der Waals surface area contributed by atoms with Gasteiger partial charge in [0.25, 0.3) is 5.56 Å². The maximum absolute atomic E-state index is 13.2. The van der Waals surface area contributed by atoms with Gasteiger partial charge in [0.05, 0.1) is 18.2 Å². The predicted molar refractivity (Wildman–Crippen MR) is 139 cm³/mol. The number of aromatic nitrogens is 5. The number of rotatable bonds is 8. The average Bonchev–Trinajstić information content (AvgIpc) is 3.30. The van der Waals surface area contributed by atoms with E-state index in [1.807, 2.05) is 35.9 Å². The summed E-state index contributed by atoms with van der Waals surface area (Å²) in [6, 6.07) is 8.22. The van der Waals surface area contributed by atoms with E-state index in [-0.39, 0.29) is 23.1 Å². The zero-order valence-corrected chi connectivity index (χ0v) is 22.0. The van der Waals surface area contributed by atoms with Crippen molar-refractivity contribution in [1.29, 1.82) is 0 Å². The topological polar surface area (TPSA) is 88.9 Å². The molecule has 0 amide bonds. The highest BCUT2D eigenvalue weighted by molar-refractivity contribution is 5.80. The summed E-state index contributed by atoms with van der Waals surface area (Å²) in [5, 5.41) is 13.9. The maximum Gasteiger partial charge on any atom is 0.252 e. The minimum Gasteiger partial charge on any atom is -0.494 e. The van der Waals surface area contributed by atoms with Crippen LogP contribution in [0.5, 0.6) is 5.75 Å². The monoisotopic (exact) mass is 480 g/mol. The highest BCUT2D eigenvalue weighted by Crippen LogP contribution is 2.36. The van der Waals surface area contributed by atoms with Gasteiger partial charge >= 0.3 is 0 Å². The molecule has 1 aliphatic rings. The van der Waals surface area contributed by atoms with E-state index in [1.54, 1.807) is 0 Å². The Kier molecular flexibility index (Phi) is 7.59. The van der Waals surface area contributed by atoms with Crippen molar-refractivity contribution < 1.29 is 4.74 Å². The second kappa shape index (κ2) is 10.5. The lowest BCUT2D eigenvalue weighted by molar-refractivity contribution is 0.0580. The third kappa shape index (κ3) is 5.58. The van der Waals surface area contributed by atoms with Crippen LogP contribution in [0.1, 0.15) is 91.1 Å². The number of hydrogen-bond acceptors (Lipinski definition) is 6. The number of hydrogen-bond donors (Lipinski definition) is 1. The zero-order valence-electron chi connectivity index (χ0n) is 22.0. The van der Waals surface area contributed by atoms with Gasteiger partial charge in [0.2, 0.25) is 0 Å². The number of tetrazole rings is 1. The number of ether oxygens (including phenoxy) is 1. The molecule has 3 aromatic rings. The van der Waals surface area contributed by atoms with Gasteiger partial charge in [0, 0.05) is 29.1 Å². The first-order valence-corrected chi connectivity index (χ1v) is 13.0. The first kappa shape index (κ1) is 25.4. The Bertz CT molecular complexity index is 1190. The minimum absolute atomic E-state index is 0.00261. The Morgan fingerprint density at radius 3 is 2.57 bits per heavy atom. The summed E-state index contributed by atoms with van der Waals surface area (Å²) in [6.07, 6.45) is 5.94. The normalized spacial score (nSPS) is 16.3. The van der Waals surface area contributed by atoms with E-state index in [0.717, 1.165) is 40.9 Å². The summed E-state index contributed by atoms with van der Waals surface area (Å²) in [5.74, 6) is 1.95. The van der Waals surface area contributed by atoms with Crippen LogP contribution in [0.15, 0.2) is 29.1 Å². The van der Waals surface area contributed by atoms with Crippen LogP contribution in [0.25, 0.3) is 10.9 Å². The van der Waals surface area contributed by atoms with Gasteiger partial charge in [0.15, 0.2) is 5.82 Å². The van der Waals surface area contributed by atoms with Gasteiger partial charge in [-0.15, -0.1) is 5.10 Å². The largest absolute Gasteiger partial charge is 0.494 e. The van der Waals surface area contributed by atoms with Crippen LogP contribution in [0.2, 0.25) is 0 Å². The molecule has 8 nitrogen and oxygen atoms in total. The summed E-state index contributed by atoms with van der Waals surface area (Å²) in [4.78, 5) is 18.8. The van der Waals surface area contributed by atoms with E-state index in [2.05, 4.69) is 60.0 Å². The number of fused-ring (bicyclic) bond motifs is 1. The molecule has 1 aromatic carbocycles. The van der Waals surface area contributed by atoms with Gasteiger partial charge in [-0.2, -0.15) is 0 Å². The lowest BCUT2D eigenvalue weighted by Crippen LogP contribution is -2.44. The summed E-state index contributed by atoms with van der Waals surface area (Å²) < 4.78 is 7.65. The van der Waals surface area contributed by atoms with Crippen molar-refractivity contribution in [2.45, 2.75) is 97.8 Å². The van der Waals surface area contributed by atoms with E-state index in [9.17, 15) is 4.79 Å². The van der Waals surface area contributed by atoms with Crippen molar-refractivity contribution in [3.05, 3.63) is 46.0 Å². The minimum atomic E-state index is -0.236. The number of nitrogens with one attached hydrogen (secondary N) is 1. The van der Waals surface area contributed by atoms with Crippen molar-refractivity contribution in [3.63, 3.8) is 0 Å². The molecular weight excluding hydrogens is 440 g/mol. The molecule has 4 rings (SSSR count). The SMILES string of the molecule is CCOc1ccc2[nH]c(=O)c(CN(C3CCCCC3)C(c3nnnn3C(C)(C)C)C(C)C)cc2c1. The molecule has 35 heavy (non-hydrogen) atoms. The van der Waals surface area contributed by atoms with Crippen LogP contribution in [-0.4, -0.2) is 42.7 Å². The lowest BCUT2D eigenvalue weighted by atomic mass is 9.90. The summed E-state index contributed by atoms with van der Waals surface area (Å²) in [7, 11) is 0. The number of aromatic amines is 1. The van der Waals surface area contributed by atoms with Gasteiger partial charge < -0.3 is 9.72 Å². The van der Waals surface area contributed by atoms with Crippen LogP contribution >= 0.6 is 0 Å². The van der Waals surface area contributed by atoms with E-state index in [0.29, 0.717) is 19.2 Å². The molecule has 2 heterocycles. The zero-order chi connectivity index (χ0) is 25.2. The summed E-state index contributed by atoms with van der Waals surface area (Å²) >= 11 is 0. The van der Waals surface area contributed by atoms with Crippen LogP contribution in [0.3, 0.4) is 0 Å². The van der Waals surface area contributed by atoms with Crippen LogP contribution in [0, 0.1) is 5.92 Å². The molecule has 0 bridgehead atoms. The van der Waals surface area contributed by atoms with Crippen LogP contribution < -0.4 is 10.3 Å². The number of H-pyrrole nitrogens is 1. The quantitative estimate of drug-likeness (QED) is 0.477. The second-order valence-electron chi connectivity index (χ2n) is 11.1. The van der Waals surface area contributed by atoms with Crippen molar-refractivity contribution >= 4 is 10.9 Å². The average molecular weight is 481 g/mol. The van der Waals surface area contributed by atoms with Crippen LogP contribution in [-0.2, 0) is 12.1 Å². The molecule has 1 saturated carbocycles. The second-order valence-corrected chi connectivity index (χ2v) is 11.1. The molecule has 0 saturated heterocycles. The molecule has 1 atom stereocenters. The Balaban J connectivity index is 1.78. The summed E-state index contributed by atoms with van der Waals surface area (Å²) in [6.45, 7) is 14.0. The van der Waals surface area contributed by atoms with Gasteiger partial charge in [-0.1, -0.05) is 33.1 Å². The number of nitrogens with zero attached hydrogens (tertiary/aromatic N) is 5. The Morgan fingerprint density at radius 2 is 1.91 bits per heavy atom. The molecule has 1 aliphatic carbocycles. The lowest BCUT2D eigenvalue weighted by Gasteiger charge is -2.41. The molecule has 2 aromatic heterocycles. The Morgan fingerprint density at radius 1 is 1.17 bits per heavy atom. The number of benzene rings is 1. The van der Waals surface area contributed by atoms with Gasteiger partial charge in [-0.25, -0.2) is 4.68 Å². The molecule has 1 N–H and O–H groups in total. The third-order valence-electron chi connectivity index (χ3n) is 6.98. The highest BCUT2D eigenvalue weighted by Gasteiger charge is 2.36. The van der Waals surface area contributed by atoms with Crippen molar-refractivity contribution in [1.82, 2.24) is 30.1 Å². The molecule has 0 spiro atoms. The van der Waals surface area contributed by atoms with E-state index < -0.39 is 0 Å². The first-order valence-electron chi connectivity index (χ1n) is 13.0. The fourth-order valence-corrected chi connectivity index (χ4v) is 5.35. The van der Waals surface area contributed by atoms with Crippen molar-refractivity contribution in [3.8, 4) is 5.75 Å². The first-order chi connectivity index (χ1) is 16.7. The fourth-order valence-electron chi connectivity index (χ4n) is 5.35. The van der Waals surface area contributed by atoms with Gasteiger partial charge in [0.1, 0.15) is 5.75 Å². The highest BCUT2D eigenvalue weighted by atomic mass is 16.5. The van der Waals surface area contributed by atoms with Crippen molar-refractivity contribution in [2.24, 2.45) is 5.92 Å². The van der Waals surface area contributed by atoms with Gasteiger partial charge in [-0.05, 0) is 81.1 Å². The Labute approximate surface area is 208 Å². The maximum atomic E-state index is 13.2. The fraction of sp³-hybridized carbons (Fsp3) is 0.630. The molecule has 1 fully saturated rings. The molecule has 0 aliphatic heterocycles. The molecule has 8 heteroatoms. The van der Waals surface area contributed by atoms with E-state index in [4.69, 9.17) is 4.74 Å². The van der Waals surface area contributed by atoms with Gasteiger partial charge in [-0.3, -0.25) is 9.69 Å². The van der Waals surface area contributed by atoms with Crippen LogP contribution in [0.4, 0.5) is 0 Å². The Hall–Kier alpha value is -2.74. The van der Waals surface area contributed by atoms with E-state index >= 15 is 0 Å². The summed E-state index contributed by atoms with van der Waals surface area (Å²) in [5.41, 5.74) is 1.31. The smallest absolute Gasteiger partial charge is 0.252 e. The molecule has 190 valence electrons. The molecule has 0 radical (unpaired) electrons. The van der Waals surface area contributed by atoms with E-state index in [1.165, 1.54) is 19.3 Å². The standard InChI is InChI=1S/C27H40N6O2/c1-7-35-22-13-14-23-19(16-22)15-20(26(34)28-23)17-32(21-11-9-8-10-12-21)24(18(2)3)25-29-30-31-33(25)27(4,5)6/h13-16,18,21,24H,7-12,17H2,1-6H3,(H,28,34). The molecular formula is C27H40N6O2. The predicted octanol–water partition coefficient (Wildman–Crippen LogP) is 5.20. The number of pyridine rings is 1. The van der Waals surface area contributed by atoms with Crippen molar-refractivity contribution in [2.75, 3.05) is 6.61 Å².